The quantitative estimate of drug-likeness (QED) is 0.797. The van der Waals surface area contributed by atoms with Crippen molar-refractivity contribution in [3.8, 4) is 0 Å². The molecule has 2 rings (SSSR count). The van der Waals surface area contributed by atoms with Gasteiger partial charge < -0.3 is 5.32 Å². The summed E-state index contributed by atoms with van der Waals surface area (Å²) < 4.78 is 37.2. The van der Waals surface area contributed by atoms with Gasteiger partial charge in [0, 0.05) is 6.04 Å². The highest BCUT2D eigenvalue weighted by atomic mass is 35.5. The summed E-state index contributed by atoms with van der Waals surface area (Å²) in [6.07, 6.45) is -2.45. The van der Waals surface area contributed by atoms with Crippen LogP contribution in [0.4, 0.5) is 19.0 Å². The third kappa shape index (κ3) is 2.75. The molecule has 1 aromatic heterocycles. The highest BCUT2D eigenvalue weighted by Crippen LogP contribution is 2.33. The van der Waals surface area contributed by atoms with Gasteiger partial charge in [0.2, 0.25) is 0 Å². The predicted molar refractivity (Wildman–Crippen MR) is 50.9 cm³/mol. The van der Waals surface area contributed by atoms with Crippen LogP contribution in [0.1, 0.15) is 18.4 Å². The van der Waals surface area contributed by atoms with Gasteiger partial charge in [-0.15, -0.1) is 0 Å². The summed E-state index contributed by atoms with van der Waals surface area (Å²) in [6.45, 7) is 0. The smallest absolute Gasteiger partial charge is 0.367 e. The van der Waals surface area contributed by atoms with E-state index in [1.165, 1.54) is 0 Å². The molecule has 82 valence electrons. The molecule has 0 amide bonds. The number of pyridine rings is 1. The van der Waals surface area contributed by atoms with E-state index in [-0.39, 0.29) is 17.0 Å². The van der Waals surface area contributed by atoms with Crippen molar-refractivity contribution in [2.75, 3.05) is 5.32 Å². The van der Waals surface area contributed by atoms with E-state index in [0.29, 0.717) is 0 Å². The number of nitrogens with zero attached hydrogens (tertiary/aromatic N) is 1. The molecule has 1 N–H and O–H groups in total. The largest absolute Gasteiger partial charge is 0.416 e. The van der Waals surface area contributed by atoms with E-state index < -0.39 is 11.7 Å². The molecule has 6 heteroatoms. The van der Waals surface area contributed by atoms with Crippen molar-refractivity contribution in [1.29, 1.82) is 0 Å². The Labute approximate surface area is 89.5 Å². The van der Waals surface area contributed by atoms with E-state index in [1.54, 1.807) is 0 Å². The lowest BCUT2D eigenvalue weighted by Crippen LogP contribution is -2.09. The SMILES string of the molecule is FC(F)(F)c1cc(Cl)nc(NC2CC2)c1. The molecule has 1 fully saturated rings. The summed E-state index contributed by atoms with van der Waals surface area (Å²) in [5, 5.41) is 2.73. The third-order valence-corrected chi connectivity index (χ3v) is 2.24. The number of aromatic nitrogens is 1. The van der Waals surface area contributed by atoms with Crippen molar-refractivity contribution in [1.82, 2.24) is 4.98 Å². The highest BCUT2D eigenvalue weighted by Gasteiger charge is 2.32. The molecular formula is C9H8ClF3N2. The van der Waals surface area contributed by atoms with Gasteiger partial charge in [0.1, 0.15) is 11.0 Å². The summed E-state index contributed by atoms with van der Waals surface area (Å²) in [4.78, 5) is 3.78. The van der Waals surface area contributed by atoms with Crippen LogP contribution < -0.4 is 5.32 Å². The zero-order valence-electron chi connectivity index (χ0n) is 7.61. The molecule has 0 aliphatic heterocycles. The Kier molecular flexibility index (Phi) is 2.50. The van der Waals surface area contributed by atoms with Crippen LogP contribution in [0.5, 0.6) is 0 Å². The second-order valence-corrected chi connectivity index (χ2v) is 3.87. The number of nitrogens with one attached hydrogen (secondary N) is 1. The van der Waals surface area contributed by atoms with Gasteiger partial charge in [-0.25, -0.2) is 4.98 Å². The fourth-order valence-electron chi connectivity index (χ4n) is 1.17. The molecule has 0 spiro atoms. The topological polar surface area (TPSA) is 24.9 Å². The predicted octanol–water partition coefficient (Wildman–Crippen LogP) is 3.33. The molecule has 0 saturated heterocycles. The van der Waals surface area contributed by atoms with Crippen molar-refractivity contribution < 1.29 is 13.2 Å². The zero-order valence-corrected chi connectivity index (χ0v) is 8.36. The lowest BCUT2D eigenvalue weighted by Gasteiger charge is -2.10. The van der Waals surface area contributed by atoms with Crippen LogP contribution in [-0.4, -0.2) is 11.0 Å². The van der Waals surface area contributed by atoms with E-state index in [0.717, 1.165) is 25.0 Å². The molecule has 1 aliphatic carbocycles. The maximum atomic E-state index is 12.4. The Morgan fingerprint density at radius 3 is 2.53 bits per heavy atom. The maximum absolute atomic E-state index is 12.4. The molecule has 0 radical (unpaired) electrons. The first-order chi connectivity index (χ1) is 6.95. The van der Waals surface area contributed by atoms with Gasteiger partial charge in [0.05, 0.1) is 5.56 Å². The standard InChI is InChI=1S/C9H8ClF3N2/c10-7-3-5(9(11,12)13)4-8(15-7)14-6-1-2-6/h3-4,6H,1-2H2,(H,14,15). The number of rotatable bonds is 2. The van der Waals surface area contributed by atoms with Crippen LogP contribution in [0.25, 0.3) is 0 Å². The van der Waals surface area contributed by atoms with Crippen LogP contribution in [0.15, 0.2) is 12.1 Å². The highest BCUT2D eigenvalue weighted by molar-refractivity contribution is 6.29. The van der Waals surface area contributed by atoms with Gasteiger partial charge in [0.15, 0.2) is 0 Å². The minimum Gasteiger partial charge on any atom is -0.367 e. The fourth-order valence-corrected chi connectivity index (χ4v) is 1.38. The second kappa shape index (κ2) is 3.56. The number of hydrogen-bond donors (Lipinski definition) is 1. The molecule has 0 bridgehead atoms. The van der Waals surface area contributed by atoms with Crippen molar-refractivity contribution >= 4 is 17.4 Å². The normalized spacial score (nSPS) is 16.5. The Hall–Kier alpha value is -0.970. The van der Waals surface area contributed by atoms with Gasteiger partial charge in [0.25, 0.3) is 0 Å². The van der Waals surface area contributed by atoms with Gasteiger partial charge >= 0.3 is 6.18 Å². The van der Waals surface area contributed by atoms with Crippen LogP contribution in [0, 0.1) is 0 Å². The summed E-state index contributed by atoms with van der Waals surface area (Å²) in [5.74, 6) is 0.192. The molecular weight excluding hydrogens is 229 g/mol. The minimum absolute atomic E-state index is 0.145. The Balaban J connectivity index is 2.27. The van der Waals surface area contributed by atoms with Gasteiger partial charge in [-0.3, -0.25) is 0 Å². The maximum Gasteiger partial charge on any atom is 0.416 e. The zero-order chi connectivity index (χ0) is 11.1. The molecule has 1 heterocycles. The van der Waals surface area contributed by atoms with Crippen molar-refractivity contribution in [3.63, 3.8) is 0 Å². The molecule has 0 aromatic carbocycles. The second-order valence-electron chi connectivity index (χ2n) is 3.48. The minimum atomic E-state index is -4.38. The summed E-state index contributed by atoms with van der Waals surface area (Å²) in [7, 11) is 0. The lowest BCUT2D eigenvalue weighted by atomic mass is 10.2. The Bertz CT molecular complexity index is 374. The van der Waals surface area contributed by atoms with E-state index in [9.17, 15) is 13.2 Å². The van der Waals surface area contributed by atoms with Crippen molar-refractivity contribution in [3.05, 3.63) is 22.8 Å². The van der Waals surface area contributed by atoms with E-state index in [2.05, 4.69) is 10.3 Å². The molecule has 15 heavy (non-hydrogen) atoms. The van der Waals surface area contributed by atoms with Gasteiger partial charge in [-0.2, -0.15) is 13.2 Å². The first-order valence-corrected chi connectivity index (χ1v) is 4.84. The first-order valence-electron chi connectivity index (χ1n) is 4.46. The van der Waals surface area contributed by atoms with Crippen LogP contribution in [0.2, 0.25) is 5.15 Å². The average Bonchev–Trinajstić information content (AvgIpc) is 2.85. The molecule has 2 nitrogen and oxygen atoms in total. The fraction of sp³-hybridized carbons (Fsp3) is 0.444. The third-order valence-electron chi connectivity index (χ3n) is 2.05. The monoisotopic (exact) mass is 236 g/mol. The van der Waals surface area contributed by atoms with Crippen LogP contribution >= 0.6 is 11.6 Å². The van der Waals surface area contributed by atoms with Gasteiger partial charge in [-0.1, -0.05) is 11.6 Å². The summed E-state index contributed by atoms with van der Waals surface area (Å²) in [6, 6.07) is 2.04. The number of hydrogen-bond acceptors (Lipinski definition) is 2. The molecule has 1 aliphatic rings. The van der Waals surface area contributed by atoms with Crippen molar-refractivity contribution in [2.45, 2.75) is 25.1 Å². The summed E-state index contributed by atoms with van der Waals surface area (Å²) in [5.41, 5.74) is -0.773. The lowest BCUT2D eigenvalue weighted by molar-refractivity contribution is -0.137. The van der Waals surface area contributed by atoms with Crippen molar-refractivity contribution in [2.24, 2.45) is 0 Å². The molecule has 0 atom stereocenters. The summed E-state index contributed by atoms with van der Waals surface area (Å²) >= 11 is 5.51. The molecule has 1 aromatic rings. The van der Waals surface area contributed by atoms with Crippen LogP contribution in [0.3, 0.4) is 0 Å². The van der Waals surface area contributed by atoms with E-state index in [1.807, 2.05) is 0 Å². The number of alkyl halides is 3. The Morgan fingerprint density at radius 1 is 1.33 bits per heavy atom. The Morgan fingerprint density at radius 2 is 2.00 bits per heavy atom. The van der Waals surface area contributed by atoms with Gasteiger partial charge in [-0.05, 0) is 25.0 Å². The number of halogens is 4. The molecule has 1 saturated carbocycles. The van der Waals surface area contributed by atoms with E-state index >= 15 is 0 Å². The van der Waals surface area contributed by atoms with E-state index in [4.69, 9.17) is 11.6 Å². The number of anilines is 1. The van der Waals surface area contributed by atoms with Crippen LogP contribution in [-0.2, 0) is 6.18 Å². The molecule has 0 unspecified atom stereocenters. The first kappa shape index (κ1) is 10.5. The average molecular weight is 237 g/mol.